The van der Waals surface area contributed by atoms with Gasteiger partial charge in [0.1, 0.15) is 5.76 Å². The van der Waals surface area contributed by atoms with Crippen molar-refractivity contribution < 1.29 is 4.42 Å². The summed E-state index contributed by atoms with van der Waals surface area (Å²) >= 11 is 0. The van der Waals surface area contributed by atoms with Gasteiger partial charge in [-0.15, -0.1) is 0 Å². The Morgan fingerprint density at radius 1 is 0.950 bits per heavy atom. The van der Waals surface area contributed by atoms with E-state index in [0.29, 0.717) is 6.54 Å². The first-order valence-electron chi connectivity index (χ1n) is 8.17. The monoisotopic (exact) mass is 277 g/mol. The van der Waals surface area contributed by atoms with Gasteiger partial charge in [0.05, 0.1) is 6.04 Å². The summed E-state index contributed by atoms with van der Waals surface area (Å²) in [6, 6.07) is 4.53. The molecule has 1 atom stereocenters. The number of hydrogen-bond acceptors (Lipinski definition) is 4. The number of likely N-dealkylation sites (tertiary alicyclic amines) is 1. The molecule has 0 saturated carbocycles. The maximum absolute atomic E-state index is 6.13. The fraction of sp³-hybridized carbons (Fsp3) is 0.750. The van der Waals surface area contributed by atoms with Crippen LogP contribution in [0.1, 0.15) is 50.3 Å². The Balaban J connectivity index is 1.70. The standard InChI is InChI=1S/C16H27N3O/c17-13-14(18-9-3-1-4-10-18)15-7-8-16(20-15)19-11-5-2-6-12-19/h7-8,14H,1-6,9-13,17H2/t14-/m1/s1. The molecular formula is C16H27N3O. The summed E-state index contributed by atoms with van der Waals surface area (Å²) in [5.41, 5.74) is 6.01. The summed E-state index contributed by atoms with van der Waals surface area (Å²) in [6.07, 6.45) is 7.84. The molecule has 0 bridgehead atoms. The highest BCUT2D eigenvalue weighted by Crippen LogP contribution is 2.29. The van der Waals surface area contributed by atoms with Crippen LogP contribution in [0, 0.1) is 0 Å². The van der Waals surface area contributed by atoms with E-state index in [1.54, 1.807) is 0 Å². The normalized spacial score (nSPS) is 22.9. The number of nitrogens with zero attached hydrogens (tertiary/aromatic N) is 2. The van der Waals surface area contributed by atoms with Crippen molar-refractivity contribution in [3.05, 3.63) is 17.9 Å². The van der Waals surface area contributed by atoms with E-state index in [0.717, 1.165) is 37.8 Å². The zero-order valence-corrected chi connectivity index (χ0v) is 12.4. The lowest BCUT2D eigenvalue weighted by atomic mass is 10.1. The van der Waals surface area contributed by atoms with Crippen LogP contribution in [0.5, 0.6) is 0 Å². The van der Waals surface area contributed by atoms with Crippen LogP contribution in [0.2, 0.25) is 0 Å². The lowest BCUT2D eigenvalue weighted by Crippen LogP contribution is -2.37. The third kappa shape index (κ3) is 3.01. The van der Waals surface area contributed by atoms with Crippen molar-refractivity contribution in [3.63, 3.8) is 0 Å². The Kier molecular flexibility index (Phi) is 4.63. The molecule has 4 heteroatoms. The smallest absolute Gasteiger partial charge is 0.195 e. The Morgan fingerprint density at radius 2 is 1.60 bits per heavy atom. The number of piperidine rings is 2. The number of nitrogens with two attached hydrogens (primary N) is 1. The number of hydrogen-bond donors (Lipinski definition) is 1. The van der Waals surface area contributed by atoms with E-state index in [1.165, 1.54) is 38.5 Å². The average molecular weight is 277 g/mol. The molecule has 2 N–H and O–H groups in total. The van der Waals surface area contributed by atoms with E-state index in [4.69, 9.17) is 10.2 Å². The minimum Gasteiger partial charge on any atom is -0.444 e. The topological polar surface area (TPSA) is 45.6 Å². The van der Waals surface area contributed by atoms with Gasteiger partial charge in [-0.25, -0.2) is 0 Å². The van der Waals surface area contributed by atoms with Crippen molar-refractivity contribution in [1.82, 2.24) is 4.90 Å². The summed E-state index contributed by atoms with van der Waals surface area (Å²) in [4.78, 5) is 4.86. The summed E-state index contributed by atoms with van der Waals surface area (Å²) in [7, 11) is 0. The fourth-order valence-electron chi connectivity index (χ4n) is 3.48. The van der Waals surface area contributed by atoms with Crippen molar-refractivity contribution in [2.75, 3.05) is 37.6 Å². The van der Waals surface area contributed by atoms with Gasteiger partial charge in [0.15, 0.2) is 5.88 Å². The molecule has 2 fully saturated rings. The van der Waals surface area contributed by atoms with Crippen LogP contribution in [0.25, 0.3) is 0 Å². The van der Waals surface area contributed by atoms with E-state index in [9.17, 15) is 0 Å². The first kappa shape index (κ1) is 14.0. The molecule has 1 aromatic heterocycles. The second kappa shape index (κ2) is 6.64. The Labute approximate surface area is 121 Å². The van der Waals surface area contributed by atoms with Gasteiger partial charge in [-0.05, 0) is 51.3 Å². The molecule has 4 nitrogen and oxygen atoms in total. The van der Waals surface area contributed by atoms with Gasteiger partial charge in [-0.2, -0.15) is 0 Å². The highest BCUT2D eigenvalue weighted by molar-refractivity contribution is 5.37. The molecule has 0 spiro atoms. The molecular weight excluding hydrogens is 250 g/mol. The van der Waals surface area contributed by atoms with Crippen LogP contribution in [0.15, 0.2) is 16.5 Å². The van der Waals surface area contributed by atoms with Crippen molar-refractivity contribution >= 4 is 5.88 Å². The van der Waals surface area contributed by atoms with Gasteiger partial charge in [-0.1, -0.05) is 6.42 Å². The quantitative estimate of drug-likeness (QED) is 0.919. The SMILES string of the molecule is NC[C@H](c1ccc(N2CCCCC2)o1)N1CCCCC1. The van der Waals surface area contributed by atoms with Gasteiger partial charge in [0.2, 0.25) is 0 Å². The third-order valence-corrected chi connectivity index (χ3v) is 4.66. The maximum atomic E-state index is 6.13. The Bertz CT molecular complexity index is 406. The van der Waals surface area contributed by atoms with Crippen molar-refractivity contribution in [2.45, 2.75) is 44.6 Å². The van der Waals surface area contributed by atoms with Crippen LogP contribution in [-0.4, -0.2) is 37.6 Å². The number of rotatable bonds is 4. The van der Waals surface area contributed by atoms with Crippen LogP contribution in [-0.2, 0) is 0 Å². The predicted octanol–water partition coefficient (Wildman–Crippen LogP) is 2.76. The number of anilines is 1. The van der Waals surface area contributed by atoms with E-state index in [-0.39, 0.29) is 6.04 Å². The van der Waals surface area contributed by atoms with E-state index >= 15 is 0 Å². The number of furan rings is 1. The first-order chi connectivity index (χ1) is 9.88. The largest absolute Gasteiger partial charge is 0.444 e. The fourth-order valence-corrected chi connectivity index (χ4v) is 3.48. The van der Waals surface area contributed by atoms with Crippen molar-refractivity contribution in [3.8, 4) is 0 Å². The third-order valence-electron chi connectivity index (χ3n) is 4.66. The minimum absolute atomic E-state index is 0.258. The molecule has 0 amide bonds. The molecule has 1 aromatic rings. The van der Waals surface area contributed by atoms with Gasteiger partial charge in [0.25, 0.3) is 0 Å². The predicted molar refractivity (Wildman–Crippen MR) is 82.0 cm³/mol. The maximum Gasteiger partial charge on any atom is 0.195 e. The summed E-state index contributed by atoms with van der Waals surface area (Å²) in [5.74, 6) is 2.09. The van der Waals surface area contributed by atoms with Gasteiger partial charge >= 0.3 is 0 Å². The molecule has 3 rings (SSSR count). The molecule has 2 saturated heterocycles. The molecule has 3 heterocycles. The molecule has 0 aromatic carbocycles. The average Bonchev–Trinajstić information content (AvgIpc) is 3.00. The lowest BCUT2D eigenvalue weighted by Gasteiger charge is -2.32. The first-order valence-corrected chi connectivity index (χ1v) is 8.17. The van der Waals surface area contributed by atoms with Gasteiger partial charge < -0.3 is 15.1 Å². The summed E-state index contributed by atoms with van der Waals surface area (Å²) < 4.78 is 6.13. The van der Waals surface area contributed by atoms with Crippen LogP contribution >= 0.6 is 0 Å². The molecule has 112 valence electrons. The molecule has 0 aliphatic carbocycles. The van der Waals surface area contributed by atoms with Crippen LogP contribution in [0.3, 0.4) is 0 Å². The highest BCUT2D eigenvalue weighted by Gasteiger charge is 2.24. The summed E-state index contributed by atoms with van der Waals surface area (Å²) in [6.45, 7) is 5.21. The van der Waals surface area contributed by atoms with Crippen LogP contribution in [0.4, 0.5) is 5.88 Å². The zero-order valence-electron chi connectivity index (χ0n) is 12.4. The van der Waals surface area contributed by atoms with E-state index in [2.05, 4.69) is 21.9 Å². The molecule has 2 aliphatic heterocycles. The summed E-state index contributed by atoms with van der Waals surface area (Å²) in [5, 5.41) is 0. The van der Waals surface area contributed by atoms with E-state index < -0.39 is 0 Å². The highest BCUT2D eigenvalue weighted by atomic mass is 16.4. The second-order valence-corrected chi connectivity index (χ2v) is 6.07. The second-order valence-electron chi connectivity index (χ2n) is 6.07. The van der Waals surface area contributed by atoms with Gasteiger partial charge in [-0.3, -0.25) is 4.90 Å². The Hall–Kier alpha value is -1.00. The zero-order chi connectivity index (χ0) is 13.8. The Morgan fingerprint density at radius 3 is 2.25 bits per heavy atom. The minimum atomic E-state index is 0.258. The van der Waals surface area contributed by atoms with Crippen molar-refractivity contribution in [1.29, 1.82) is 0 Å². The van der Waals surface area contributed by atoms with Crippen molar-refractivity contribution in [2.24, 2.45) is 5.73 Å². The molecule has 0 radical (unpaired) electrons. The molecule has 0 unspecified atom stereocenters. The van der Waals surface area contributed by atoms with Crippen LogP contribution < -0.4 is 10.6 Å². The van der Waals surface area contributed by atoms with E-state index in [1.807, 2.05) is 0 Å². The van der Waals surface area contributed by atoms with Gasteiger partial charge in [0, 0.05) is 25.7 Å². The lowest BCUT2D eigenvalue weighted by molar-refractivity contribution is 0.150. The molecule has 2 aliphatic rings. The molecule has 20 heavy (non-hydrogen) atoms.